The molecule has 2 rings (SSSR count). The van der Waals surface area contributed by atoms with E-state index in [4.69, 9.17) is 5.11 Å². The van der Waals surface area contributed by atoms with Gasteiger partial charge in [-0.15, -0.1) is 0 Å². The number of benzene rings is 1. The average molecular weight is 247 g/mol. The monoisotopic (exact) mass is 247 g/mol. The normalized spacial score (nSPS) is 19.7. The first kappa shape index (κ1) is 12.9. The molecular weight excluding hydrogens is 226 g/mol. The van der Waals surface area contributed by atoms with Crippen LogP contribution in [0.2, 0.25) is 0 Å². The molecule has 0 radical (unpaired) electrons. The molecule has 0 fully saturated rings. The van der Waals surface area contributed by atoms with Crippen LogP contribution in [0, 0.1) is 5.92 Å². The van der Waals surface area contributed by atoms with Crippen LogP contribution in [0.4, 0.5) is 5.69 Å². The molecule has 1 aromatic carbocycles. The minimum atomic E-state index is -0.726. The highest BCUT2D eigenvalue weighted by molar-refractivity contribution is 5.70. The second kappa shape index (κ2) is 5.01. The zero-order valence-electron chi connectivity index (χ0n) is 11.3. The predicted molar refractivity (Wildman–Crippen MR) is 73.1 cm³/mol. The fourth-order valence-electron chi connectivity index (χ4n) is 2.77. The lowest BCUT2D eigenvalue weighted by Gasteiger charge is -2.23. The second-order valence-corrected chi connectivity index (χ2v) is 5.25. The van der Waals surface area contributed by atoms with Gasteiger partial charge in [0.05, 0.1) is 5.92 Å². The van der Waals surface area contributed by atoms with Crippen molar-refractivity contribution in [3.05, 3.63) is 29.3 Å². The fraction of sp³-hybridized carbons (Fsp3) is 0.533. The maximum atomic E-state index is 10.9. The van der Waals surface area contributed by atoms with Crippen molar-refractivity contribution in [1.29, 1.82) is 0 Å². The molecule has 0 saturated carbocycles. The average Bonchev–Trinajstić information content (AvgIpc) is 2.63. The minimum absolute atomic E-state index is 0.322. The summed E-state index contributed by atoms with van der Waals surface area (Å²) in [6.07, 6.45) is 1.70. The molecule has 3 heteroatoms. The van der Waals surface area contributed by atoms with Crippen molar-refractivity contribution in [1.82, 2.24) is 0 Å². The molecule has 98 valence electrons. The van der Waals surface area contributed by atoms with Crippen molar-refractivity contribution >= 4 is 11.7 Å². The van der Waals surface area contributed by atoms with E-state index in [0.717, 1.165) is 18.5 Å². The number of likely N-dealkylation sites (N-methyl/N-ethyl adjacent to an activating group) is 1. The third-order valence-corrected chi connectivity index (χ3v) is 3.81. The molecular formula is C15H21NO2. The molecule has 2 unspecified atom stereocenters. The lowest BCUT2D eigenvalue weighted by Crippen LogP contribution is -2.28. The predicted octanol–water partition coefficient (Wildman–Crippen LogP) is 2.72. The fourth-order valence-corrected chi connectivity index (χ4v) is 2.77. The summed E-state index contributed by atoms with van der Waals surface area (Å²) < 4.78 is 0. The highest BCUT2D eigenvalue weighted by atomic mass is 16.4. The quantitative estimate of drug-likeness (QED) is 0.889. The van der Waals surface area contributed by atoms with Gasteiger partial charge in [-0.1, -0.05) is 19.1 Å². The van der Waals surface area contributed by atoms with Crippen molar-refractivity contribution in [2.45, 2.75) is 39.7 Å². The summed E-state index contributed by atoms with van der Waals surface area (Å²) >= 11 is 0. The van der Waals surface area contributed by atoms with Crippen LogP contribution in [-0.2, 0) is 17.6 Å². The zero-order valence-corrected chi connectivity index (χ0v) is 11.3. The van der Waals surface area contributed by atoms with E-state index in [-0.39, 0.29) is 5.92 Å². The molecule has 18 heavy (non-hydrogen) atoms. The summed E-state index contributed by atoms with van der Waals surface area (Å²) in [6.45, 7) is 7.17. The number of anilines is 1. The van der Waals surface area contributed by atoms with Crippen molar-refractivity contribution in [3.63, 3.8) is 0 Å². The van der Waals surface area contributed by atoms with E-state index in [2.05, 4.69) is 36.9 Å². The van der Waals surface area contributed by atoms with Gasteiger partial charge < -0.3 is 10.0 Å². The van der Waals surface area contributed by atoms with E-state index in [0.29, 0.717) is 12.5 Å². The van der Waals surface area contributed by atoms with E-state index in [1.165, 1.54) is 11.3 Å². The first-order valence-electron chi connectivity index (χ1n) is 6.64. The first-order chi connectivity index (χ1) is 8.52. The Morgan fingerprint density at radius 1 is 1.56 bits per heavy atom. The molecule has 0 aromatic heterocycles. The van der Waals surface area contributed by atoms with Crippen LogP contribution in [0.25, 0.3) is 0 Å². The van der Waals surface area contributed by atoms with Crippen LogP contribution in [-0.4, -0.2) is 23.7 Å². The number of carbonyl (C=O) groups is 1. The Labute approximate surface area is 108 Å². The lowest BCUT2D eigenvalue weighted by atomic mass is 9.99. The maximum absolute atomic E-state index is 10.9. The van der Waals surface area contributed by atoms with Gasteiger partial charge in [0.25, 0.3) is 0 Å². The Kier molecular flexibility index (Phi) is 3.60. The molecule has 0 spiro atoms. The minimum Gasteiger partial charge on any atom is -0.481 e. The van der Waals surface area contributed by atoms with Crippen molar-refractivity contribution in [2.75, 3.05) is 11.4 Å². The number of hydrogen-bond donors (Lipinski definition) is 1. The Hall–Kier alpha value is -1.51. The summed E-state index contributed by atoms with van der Waals surface area (Å²) in [5.74, 6) is -1.05. The zero-order chi connectivity index (χ0) is 13.3. The molecule has 1 N–H and O–H groups in total. The van der Waals surface area contributed by atoms with E-state index < -0.39 is 5.97 Å². The molecule has 0 saturated heterocycles. The smallest absolute Gasteiger partial charge is 0.306 e. The van der Waals surface area contributed by atoms with E-state index >= 15 is 0 Å². The molecule has 1 aromatic rings. The molecule has 0 aliphatic carbocycles. The van der Waals surface area contributed by atoms with Crippen molar-refractivity contribution in [3.8, 4) is 0 Å². The Balaban J connectivity index is 2.22. The van der Waals surface area contributed by atoms with Gasteiger partial charge in [0, 0.05) is 18.3 Å². The van der Waals surface area contributed by atoms with E-state index in [9.17, 15) is 4.79 Å². The standard InChI is InChI=1S/C15H21NO2/c1-4-16-11(3)8-13-6-5-12(9-14(13)16)7-10(2)15(17)18/h5-6,9-11H,4,7-8H2,1-3H3,(H,17,18). The van der Waals surface area contributed by atoms with Crippen LogP contribution in [0.5, 0.6) is 0 Å². The van der Waals surface area contributed by atoms with Gasteiger partial charge in [0.15, 0.2) is 0 Å². The molecule has 0 bridgehead atoms. The third kappa shape index (κ3) is 2.35. The van der Waals surface area contributed by atoms with Gasteiger partial charge in [-0.2, -0.15) is 0 Å². The summed E-state index contributed by atoms with van der Waals surface area (Å²) in [7, 11) is 0. The summed E-state index contributed by atoms with van der Waals surface area (Å²) in [5, 5.41) is 8.97. The van der Waals surface area contributed by atoms with Gasteiger partial charge in [-0.3, -0.25) is 4.79 Å². The lowest BCUT2D eigenvalue weighted by molar-refractivity contribution is -0.141. The van der Waals surface area contributed by atoms with Crippen LogP contribution < -0.4 is 4.90 Å². The largest absolute Gasteiger partial charge is 0.481 e. The van der Waals surface area contributed by atoms with Crippen LogP contribution in [0.15, 0.2) is 18.2 Å². The Morgan fingerprint density at radius 2 is 2.28 bits per heavy atom. The SMILES string of the molecule is CCN1c2cc(CC(C)C(=O)O)ccc2CC1C. The summed E-state index contributed by atoms with van der Waals surface area (Å²) in [5.41, 5.74) is 3.80. The summed E-state index contributed by atoms with van der Waals surface area (Å²) in [4.78, 5) is 13.3. The number of rotatable bonds is 4. The van der Waals surface area contributed by atoms with Gasteiger partial charge >= 0.3 is 5.97 Å². The second-order valence-electron chi connectivity index (χ2n) is 5.25. The highest BCUT2D eigenvalue weighted by Gasteiger charge is 2.25. The van der Waals surface area contributed by atoms with Crippen LogP contribution in [0.1, 0.15) is 31.9 Å². The number of aliphatic carboxylic acids is 1. The summed E-state index contributed by atoms with van der Waals surface area (Å²) in [6, 6.07) is 6.95. The van der Waals surface area contributed by atoms with Gasteiger partial charge in [-0.05, 0) is 43.9 Å². The van der Waals surface area contributed by atoms with E-state index in [1.807, 2.05) is 0 Å². The van der Waals surface area contributed by atoms with E-state index in [1.54, 1.807) is 6.92 Å². The van der Waals surface area contributed by atoms with Crippen LogP contribution >= 0.6 is 0 Å². The van der Waals surface area contributed by atoms with Gasteiger partial charge in [0.2, 0.25) is 0 Å². The number of hydrogen-bond acceptors (Lipinski definition) is 2. The molecule has 2 atom stereocenters. The van der Waals surface area contributed by atoms with Crippen LogP contribution in [0.3, 0.4) is 0 Å². The molecule has 1 heterocycles. The topological polar surface area (TPSA) is 40.5 Å². The van der Waals surface area contributed by atoms with Gasteiger partial charge in [0.1, 0.15) is 0 Å². The number of carboxylic acid groups (broad SMARTS) is 1. The maximum Gasteiger partial charge on any atom is 0.306 e. The Bertz CT molecular complexity index is 456. The molecule has 0 amide bonds. The van der Waals surface area contributed by atoms with Gasteiger partial charge in [-0.25, -0.2) is 0 Å². The molecule has 3 nitrogen and oxygen atoms in total. The Morgan fingerprint density at radius 3 is 2.89 bits per heavy atom. The first-order valence-corrected chi connectivity index (χ1v) is 6.64. The third-order valence-electron chi connectivity index (χ3n) is 3.81. The van der Waals surface area contributed by atoms with Crippen molar-refractivity contribution < 1.29 is 9.90 Å². The number of nitrogens with zero attached hydrogens (tertiary/aromatic N) is 1. The molecule has 1 aliphatic heterocycles. The number of fused-ring (bicyclic) bond motifs is 1. The highest BCUT2D eigenvalue weighted by Crippen LogP contribution is 2.33. The van der Waals surface area contributed by atoms with Crippen molar-refractivity contribution in [2.24, 2.45) is 5.92 Å². The number of carboxylic acids is 1. The molecule has 1 aliphatic rings.